The molecule has 1 aromatic carbocycles. The van der Waals surface area contributed by atoms with Crippen LogP contribution in [0.2, 0.25) is 18.1 Å². The SMILES string of the molecule is CC[Si](CC)(CC)OC1CC=C(Sc2ccccc2)C=CC1C. The van der Waals surface area contributed by atoms with Crippen LogP contribution in [0, 0.1) is 5.92 Å². The number of thioether (sulfide) groups is 1. The van der Waals surface area contributed by atoms with Gasteiger partial charge >= 0.3 is 0 Å². The van der Waals surface area contributed by atoms with Crippen molar-refractivity contribution < 1.29 is 4.43 Å². The lowest BCUT2D eigenvalue weighted by molar-refractivity contribution is 0.154. The molecule has 0 bridgehead atoms. The Hall–Kier alpha value is -0.773. The molecular weight excluding hydrogens is 316 g/mol. The smallest absolute Gasteiger partial charge is 0.192 e. The highest BCUT2D eigenvalue weighted by Gasteiger charge is 2.33. The van der Waals surface area contributed by atoms with Crippen LogP contribution < -0.4 is 0 Å². The predicted octanol–water partition coefficient (Wildman–Crippen LogP) is 6.65. The third-order valence-electron chi connectivity index (χ3n) is 5.02. The van der Waals surface area contributed by atoms with E-state index in [1.165, 1.54) is 27.9 Å². The minimum absolute atomic E-state index is 0.339. The molecular formula is C20H30OSSi. The molecule has 2 rings (SSSR count). The van der Waals surface area contributed by atoms with E-state index in [0.717, 1.165) is 6.42 Å². The first-order valence-corrected chi connectivity index (χ1v) is 12.3. The first-order chi connectivity index (χ1) is 11.1. The molecule has 0 saturated carbocycles. The van der Waals surface area contributed by atoms with Crippen molar-refractivity contribution in [2.45, 2.75) is 63.2 Å². The maximum absolute atomic E-state index is 6.75. The van der Waals surface area contributed by atoms with Gasteiger partial charge in [-0.2, -0.15) is 0 Å². The molecule has 1 nitrogen and oxygen atoms in total. The summed E-state index contributed by atoms with van der Waals surface area (Å²) in [7, 11) is -1.54. The Kier molecular flexibility index (Phi) is 7.19. The largest absolute Gasteiger partial charge is 0.413 e. The molecule has 0 fully saturated rings. The number of hydrogen-bond acceptors (Lipinski definition) is 2. The Morgan fingerprint density at radius 2 is 1.74 bits per heavy atom. The van der Waals surface area contributed by atoms with E-state index in [1.54, 1.807) is 0 Å². The van der Waals surface area contributed by atoms with Crippen molar-refractivity contribution in [3.05, 3.63) is 53.5 Å². The van der Waals surface area contributed by atoms with Gasteiger partial charge in [-0.25, -0.2) is 0 Å². The van der Waals surface area contributed by atoms with Crippen molar-refractivity contribution in [2.75, 3.05) is 0 Å². The summed E-state index contributed by atoms with van der Waals surface area (Å²) < 4.78 is 6.75. The normalized spacial score (nSPS) is 21.8. The minimum atomic E-state index is -1.54. The molecule has 1 aromatic rings. The quantitative estimate of drug-likeness (QED) is 0.511. The Labute approximate surface area is 147 Å². The average molecular weight is 347 g/mol. The number of benzene rings is 1. The van der Waals surface area contributed by atoms with Crippen LogP contribution >= 0.6 is 11.8 Å². The van der Waals surface area contributed by atoms with Gasteiger partial charge in [0.1, 0.15) is 0 Å². The molecule has 0 saturated heterocycles. The van der Waals surface area contributed by atoms with Gasteiger partial charge in [-0.3, -0.25) is 0 Å². The van der Waals surface area contributed by atoms with Gasteiger partial charge in [-0.05, 0) is 42.6 Å². The van der Waals surface area contributed by atoms with Gasteiger partial charge in [0.25, 0.3) is 0 Å². The maximum atomic E-state index is 6.75. The second-order valence-corrected chi connectivity index (χ2v) is 12.2. The zero-order chi connectivity index (χ0) is 16.7. The lowest BCUT2D eigenvalue weighted by Crippen LogP contribution is -2.41. The predicted molar refractivity (Wildman–Crippen MR) is 105 cm³/mol. The Morgan fingerprint density at radius 3 is 2.35 bits per heavy atom. The molecule has 0 radical (unpaired) electrons. The summed E-state index contributed by atoms with van der Waals surface area (Å²) in [5.41, 5.74) is 0. The van der Waals surface area contributed by atoms with Crippen LogP contribution in [0.5, 0.6) is 0 Å². The van der Waals surface area contributed by atoms with Crippen molar-refractivity contribution in [2.24, 2.45) is 5.92 Å². The second kappa shape index (κ2) is 8.91. The molecule has 1 aliphatic rings. The molecule has 0 aliphatic heterocycles. The molecule has 0 amide bonds. The van der Waals surface area contributed by atoms with E-state index in [1.807, 2.05) is 11.8 Å². The summed E-state index contributed by atoms with van der Waals surface area (Å²) in [4.78, 5) is 2.64. The van der Waals surface area contributed by atoms with Crippen LogP contribution in [0.15, 0.2) is 58.4 Å². The van der Waals surface area contributed by atoms with Crippen LogP contribution in [0.4, 0.5) is 0 Å². The summed E-state index contributed by atoms with van der Waals surface area (Å²) in [6, 6.07) is 14.3. The van der Waals surface area contributed by atoms with Gasteiger partial charge in [-0.15, -0.1) is 0 Å². The fourth-order valence-electron chi connectivity index (χ4n) is 3.06. The Morgan fingerprint density at radius 1 is 1.09 bits per heavy atom. The zero-order valence-corrected chi connectivity index (χ0v) is 16.7. The molecule has 23 heavy (non-hydrogen) atoms. The number of rotatable bonds is 7. The van der Waals surface area contributed by atoms with Gasteiger partial charge in [0, 0.05) is 9.80 Å². The fourth-order valence-corrected chi connectivity index (χ4v) is 6.91. The van der Waals surface area contributed by atoms with Crippen LogP contribution in [-0.4, -0.2) is 14.4 Å². The fraction of sp³-hybridized carbons (Fsp3) is 0.500. The average Bonchev–Trinajstić information content (AvgIpc) is 2.76. The molecule has 126 valence electrons. The third kappa shape index (κ3) is 5.10. The Balaban J connectivity index is 2.07. The first-order valence-electron chi connectivity index (χ1n) is 8.91. The van der Waals surface area contributed by atoms with E-state index in [9.17, 15) is 0 Å². The van der Waals surface area contributed by atoms with Crippen molar-refractivity contribution in [3.63, 3.8) is 0 Å². The van der Waals surface area contributed by atoms with Crippen molar-refractivity contribution >= 4 is 20.1 Å². The molecule has 2 atom stereocenters. The molecule has 0 spiro atoms. The molecule has 3 heteroatoms. The van der Waals surface area contributed by atoms with E-state index in [4.69, 9.17) is 4.43 Å². The van der Waals surface area contributed by atoms with Crippen molar-refractivity contribution in [1.29, 1.82) is 0 Å². The van der Waals surface area contributed by atoms with Gasteiger partial charge < -0.3 is 4.43 Å². The molecule has 2 unspecified atom stereocenters. The van der Waals surface area contributed by atoms with E-state index in [0.29, 0.717) is 12.0 Å². The van der Waals surface area contributed by atoms with Gasteiger partial charge in [0.2, 0.25) is 0 Å². The standard InChI is InChI=1S/C20H30OSSi/c1-5-23(6-2,7-3)21-20-16-15-19(14-13-17(20)4)22-18-11-9-8-10-12-18/h8-15,17,20H,5-7,16H2,1-4H3. The summed E-state index contributed by atoms with van der Waals surface area (Å²) in [5, 5.41) is 0. The van der Waals surface area contributed by atoms with E-state index in [2.05, 4.69) is 76.3 Å². The highest BCUT2D eigenvalue weighted by molar-refractivity contribution is 8.03. The van der Waals surface area contributed by atoms with Crippen LogP contribution in [-0.2, 0) is 4.43 Å². The van der Waals surface area contributed by atoms with E-state index < -0.39 is 8.32 Å². The lowest BCUT2D eigenvalue weighted by Gasteiger charge is -2.34. The third-order valence-corrected chi connectivity index (χ3v) is 10.7. The van der Waals surface area contributed by atoms with Gasteiger partial charge in [-0.1, -0.05) is 75.9 Å². The summed E-state index contributed by atoms with van der Waals surface area (Å²) in [6.45, 7) is 9.22. The summed E-state index contributed by atoms with van der Waals surface area (Å²) >= 11 is 1.85. The minimum Gasteiger partial charge on any atom is -0.413 e. The van der Waals surface area contributed by atoms with Gasteiger partial charge in [0.05, 0.1) is 6.10 Å². The number of allylic oxidation sites excluding steroid dienone is 1. The zero-order valence-electron chi connectivity index (χ0n) is 14.9. The van der Waals surface area contributed by atoms with Crippen molar-refractivity contribution in [1.82, 2.24) is 0 Å². The Bertz CT molecular complexity index is 526. The first kappa shape index (κ1) is 18.6. The lowest BCUT2D eigenvalue weighted by atomic mass is 10.0. The highest BCUT2D eigenvalue weighted by atomic mass is 32.2. The maximum Gasteiger partial charge on any atom is 0.192 e. The molecule has 1 aliphatic carbocycles. The highest BCUT2D eigenvalue weighted by Crippen LogP contribution is 2.33. The number of hydrogen-bond donors (Lipinski definition) is 0. The van der Waals surface area contributed by atoms with E-state index in [-0.39, 0.29) is 0 Å². The van der Waals surface area contributed by atoms with Crippen LogP contribution in [0.1, 0.15) is 34.1 Å². The summed E-state index contributed by atoms with van der Waals surface area (Å²) in [5.74, 6) is 0.483. The molecule has 0 heterocycles. The molecule has 0 N–H and O–H groups in total. The van der Waals surface area contributed by atoms with Crippen molar-refractivity contribution in [3.8, 4) is 0 Å². The molecule has 0 aromatic heterocycles. The van der Waals surface area contributed by atoms with Crippen LogP contribution in [0.3, 0.4) is 0 Å². The summed E-state index contributed by atoms with van der Waals surface area (Å²) in [6.07, 6.45) is 8.34. The van der Waals surface area contributed by atoms with Crippen LogP contribution in [0.25, 0.3) is 0 Å². The topological polar surface area (TPSA) is 9.23 Å². The van der Waals surface area contributed by atoms with E-state index >= 15 is 0 Å². The second-order valence-electron chi connectivity index (χ2n) is 6.38. The monoisotopic (exact) mass is 346 g/mol. The van der Waals surface area contributed by atoms with Gasteiger partial charge in [0.15, 0.2) is 8.32 Å².